The zero-order valence-corrected chi connectivity index (χ0v) is 15.4. The minimum Gasteiger partial charge on any atom is -0.490 e. The van der Waals surface area contributed by atoms with Gasteiger partial charge in [-0.15, -0.1) is 0 Å². The Labute approximate surface area is 156 Å². The van der Waals surface area contributed by atoms with Gasteiger partial charge >= 0.3 is 0 Å². The molecule has 0 aliphatic heterocycles. The second kappa shape index (κ2) is 8.53. The molecule has 0 radical (unpaired) electrons. The lowest BCUT2D eigenvalue weighted by atomic mass is 10.3. The van der Waals surface area contributed by atoms with Crippen LogP contribution in [0.4, 0.5) is 4.39 Å². The fraction of sp³-hybridized carbons (Fsp3) is 0.300. The number of para-hydroxylation sites is 2. The lowest BCUT2D eigenvalue weighted by Gasteiger charge is -2.11. The summed E-state index contributed by atoms with van der Waals surface area (Å²) in [6.45, 7) is 2.72. The van der Waals surface area contributed by atoms with Crippen molar-refractivity contribution in [2.24, 2.45) is 7.05 Å². The average molecular weight is 371 g/mol. The van der Waals surface area contributed by atoms with Crippen LogP contribution in [0.15, 0.2) is 42.5 Å². The quantitative estimate of drug-likeness (QED) is 0.661. The molecule has 0 saturated heterocycles. The average Bonchev–Trinajstić information content (AvgIpc) is 2.96. The second-order valence-electron chi connectivity index (χ2n) is 5.99. The molecule has 0 unspecified atom stereocenters. The number of hydrogen-bond donors (Lipinski definition) is 1. The van der Waals surface area contributed by atoms with E-state index in [0.717, 1.165) is 11.3 Å². The van der Waals surface area contributed by atoms with Crippen molar-refractivity contribution in [1.29, 1.82) is 0 Å². The minimum absolute atomic E-state index is 0.0994. The Balaban J connectivity index is 1.51. The van der Waals surface area contributed by atoms with Crippen LogP contribution in [0.1, 0.15) is 12.7 Å². The number of carbonyl (C=O) groups excluding carboxylic acids is 1. The van der Waals surface area contributed by atoms with E-state index in [4.69, 9.17) is 9.47 Å². The number of amides is 1. The first-order valence-corrected chi connectivity index (χ1v) is 8.80. The third-order valence-corrected chi connectivity index (χ3v) is 4.11. The molecule has 7 heteroatoms. The highest BCUT2D eigenvalue weighted by Crippen LogP contribution is 2.26. The van der Waals surface area contributed by atoms with Crippen molar-refractivity contribution in [1.82, 2.24) is 14.9 Å². The normalized spacial score (nSPS) is 10.8. The predicted molar refractivity (Wildman–Crippen MR) is 100 cm³/mol. The summed E-state index contributed by atoms with van der Waals surface area (Å²) in [6.07, 6.45) is 0.536. The first-order chi connectivity index (χ1) is 13.1. The monoisotopic (exact) mass is 371 g/mol. The Bertz CT molecular complexity index is 939. The standard InChI is InChI=1S/C20H22FN3O3/c1-3-26-17-6-4-5-7-18(17)27-13-20(25)22-11-10-19-23-15-12-14(21)8-9-16(15)24(19)2/h4-9,12H,3,10-11,13H2,1-2H3,(H,22,25). The maximum atomic E-state index is 13.3. The van der Waals surface area contributed by atoms with Crippen molar-refractivity contribution in [2.75, 3.05) is 19.8 Å². The van der Waals surface area contributed by atoms with Gasteiger partial charge in [-0.2, -0.15) is 0 Å². The van der Waals surface area contributed by atoms with Gasteiger partial charge < -0.3 is 19.4 Å². The first kappa shape index (κ1) is 18.7. The van der Waals surface area contributed by atoms with E-state index >= 15 is 0 Å². The van der Waals surface area contributed by atoms with Gasteiger partial charge in [0, 0.05) is 26.1 Å². The minimum atomic E-state index is -0.315. The van der Waals surface area contributed by atoms with Crippen molar-refractivity contribution in [3.63, 3.8) is 0 Å². The largest absolute Gasteiger partial charge is 0.490 e. The zero-order chi connectivity index (χ0) is 19.2. The van der Waals surface area contributed by atoms with Crippen LogP contribution in [-0.2, 0) is 18.3 Å². The summed E-state index contributed by atoms with van der Waals surface area (Å²) in [5, 5.41) is 2.80. The second-order valence-corrected chi connectivity index (χ2v) is 5.99. The summed E-state index contributed by atoms with van der Waals surface area (Å²) in [5.41, 5.74) is 1.46. The molecule has 0 aliphatic carbocycles. The SMILES string of the molecule is CCOc1ccccc1OCC(=O)NCCc1nc2cc(F)ccc2n1C. The molecular weight excluding hydrogens is 349 g/mol. The highest BCUT2D eigenvalue weighted by molar-refractivity contribution is 5.78. The number of carbonyl (C=O) groups is 1. The number of hydrogen-bond acceptors (Lipinski definition) is 4. The van der Waals surface area contributed by atoms with Crippen LogP contribution in [0, 0.1) is 5.82 Å². The lowest BCUT2D eigenvalue weighted by Crippen LogP contribution is -2.31. The number of ether oxygens (including phenoxy) is 2. The van der Waals surface area contributed by atoms with Gasteiger partial charge in [-0.1, -0.05) is 12.1 Å². The molecule has 0 spiro atoms. The maximum Gasteiger partial charge on any atom is 0.257 e. The molecule has 2 aromatic carbocycles. The van der Waals surface area contributed by atoms with Crippen LogP contribution < -0.4 is 14.8 Å². The Morgan fingerprint density at radius 1 is 1.19 bits per heavy atom. The molecule has 27 heavy (non-hydrogen) atoms. The van der Waals surface area contributed by atoms with E-state index in [2.05, 4.69) is 10.3 Å². The van der Waals surface area contributed by atoms with Gasteiger partial charge in [-0.3, -0.25) is 4.79 Å². The van der Waals surface area contributed by atoms with Gasteiger partial charge in [0.2, 0.25) is 0 Å². The molecule has 0 saturated carbocycles. The summed E-state index contributed by atoms with van der Waals surface area (Å²) in [4.78, 5) is 16.4. The molecule has 1 heterocycles. The molecule has 0 atom stereocenters. The van der Waals surface area contributed by atoms with Crippen LogP contribution >= 0.6 is 0 Å². The number of rotatable bonds is 8. The molecule has 1 N–H and O–H groups in total. The van der Waals surface area contributed by atoms with E-state index in [-0.39, 0.29) is 18.3 Å². The maximum absolute atomic E-state index is 13.3. The van der Waals surface area contributed by atoms with Gasteiger partial charge in [0.25, 0.3) is 5.91 Å². The smallest absolute Gasteiger partial charge is 0.257 e. The van der Waals surface area contributed by atoms with Gasteiger partial charge in [0.15, 0.2) is 18.1 Å². The molecule has 3 rings (SSSR count). The number of aryl methyl sites for hydroxylation is 1. The number of nitrogens with zero attached hydrogens (tertiary/aromatic N) is 2. The van der Waals surface area contributed by atoms with E-state index in [0.29, 0.717) is 36.6 Å². The summed E-state index contributed by atoms with van der Waals surface area (Å²) in [6, 6.07) is 11.7. The topological polar surface area (TPSA) is 65.4 Å². The molecular formula is C20H22FN3O3. The number of nitrogens with one attached hydrogen (secondary N) is 1. The van der Waals surface area contributed by atoms with E-state index < -0.39 is 0 Å². The van der Waals surface area contributed by atoms with Crippen LogP contribution in [0.5, 0.6) is 11.5 Å². The molecule has 6 nitrogen and oxygen atoms in total. The molecule has 142 valence electrons. The third-order valence-electron chi connectivity index (χ3n) is 4.11. The van der Waals surface area contributed by atoms with Gasteiger partial charge in [-0.25, -0.2) is 9.37 Å². The van der Waals surface area contributed by atoms with Gasteiger partial charge in [0.05, 0.1) is 17.6 Å². The number of benzene rings is 2. The predicted octanol–water partition coefficient (Wildman–Crippen LogP) is 2.85. The molecule has 1 aromatic heterocycles. The lowest BCUT2D eigenvalue weighted by molar-refractivity contribution is -0.123. The Morgan fingerprint density at radius 3 is 2.67 bits per heavy atom. The van der Waals surface area contributed by atoms with Crippen LogP contribution in [0.25, 0.3) is 11.0 Å². The molecule has 0 aliphatic rings. The number of fused-ring (bicyclic) bond motifs is 1. The number of imidazole rings is 1. The summed E-state index contributed by atoms with van der Waals surface area (Å²) in [7, 11) is 1.87. The van der Waals surface area contributed by atoms with Crippen LogP contribution in [0.3, 0.4) is 0 Å². The third kappa shape index (κ3) is 4.55. The molecule has 1 amide bonds. The highest BCUT2D eigenvalue weighted by atomic mass is 19.1. The van der Waals surface area contributed by atoms with Crippen molar-refractivity contribution in [2.45, 2.75) is 13.3 Å². The van der Waals surface area contributed by atoms with Crippen molar-refractivity contribution < 1.29 is 18.7 Å². The Kier molecular flexibility index (Phi) is 5.90. The van der Waals surface area contributed by atoms with Crippen molar-refractivity contribution in [3.8, 4) is 11.5 Å². The fourth-order valence-electron chi connectivity index (χ4n) is 2.80. The van der Waals surface area contributed by atoms with Crippen molar-refractivity contribution in [3.05, 3.63) is 54.1 Å². The molecule has 3 aromatic rings. The summed E-state index contributed by atoms with van der Waals surface area (Å²) < 4.78 is 26.2. The summed E-state index contributed by atoms with van der Waals surface area (Å²) in [5.74, 6) is 1.38. The zero-order valence-electron chi connectivity index (χ0n) is 15.4. The summed E-state index contributed by atoms with van der Waals surface area (Å²) >= 11 is 0. The fourth-order valence-corrected chi connectivity index (χ4v) is 2.80. The van der Waals surface area contributed by atoms with Gasteiger partial charge in [0.1, 0.15) is 11.6 Å². The highest BCUT2D eigenvalue weighted by Gasteiger charge is 2.10. The van der Waals surface area contributed by atoms with Crippen LogP contribution in [-0.4, -0.2) is 35.2 Å². The van der Waals surface area contributed by atoms with Gasteiger partial charge in [-0.05, 0) is 31.2 Å². The van der Waals surface area contributed by atoms with Crippen LogP contribution in [0.2, 0.25) is 0 Å². The van der Waals surface area contributed by atoms with E-state index in [9.17, 15) is 9.18 Å². The number of halogens is 1. The van der Waals surface area contributed by atoms with E-state index in [1.54, 1.807) is 18.2 Å². The first-order valence-electron chi connectivity index (χ1n) is 8.80. The molecule has 0 bridgehead atoms. The number of aromatic nitrogens is 2. The Morgan fingerprint density at radius 2 is 1.93 bits per heavy atom. The van der Waals surface area contributed by atoms with E-state index in [1.165, 1.54) is 12.1 Å². The van der Waals surface area contributed by atoms with E-state index in [1.807, 2.05) is 30.7 Å². The van der Waals surface area contributed by atoms with Crippen molar-refractivity contribution >= 4 is 16.9 Å². The Hall–Kier alpha value is -3.09. The molecule has 0 fully saturated rings.